The van der Waals surface area contributed by atoms with Crippen molar-refractivity contribution in [1.82, 2.24) is 0 Å². The average molecular weight is 290 g/mol. The van der Waals surface area contributed by atoms with Crippen molar-refractivity contribution in [1.29, 1.82) is 0 Å². The van der Waals surface area contributed by atoms with Crippen LogP contribution >= 0.6 is 0 Å². The predicted octanol–water partition coefficient (Wildman–Crippen LogP) is -0.0240. The maximum atomic E-state index is 11.3. The third-order valence-electron chi connectivity index (χ3n) is 2.33. The van der Waals surface area contributed by atoms with E-state index in [0.29, 0.717) is 0 Å². The van der Waals surface area contributed by atoms with E-state index >= 15 is 0 Å². The molecule has 0 heterocycles. The highest BCUT2D eigenvalue weighted by Crippen LogP contribution is 2.07. The summed E-state index contributed by atoms with van der Waals surface area (Å²) in [5.74, 6) is -3.03. The minimum absolute atomic E-state index is 0.524. The Hall–Kier alpha value is -2.12. The van der Waals surface area contributed by atoms with Crippen molar-refractivity contribution in [3.63, 3.8) is 0 Å². The van der Waals surface area contributed by atoms with Gasteiger partial charge in [-0.2, -0.15) is 0 Å². The Bertz CT molecular complexity index is 340. The van der Waals surface area contributed by atoms with Crippen molar-refractivity contribution < 1.29 is 38.1 Å². The molecule has 114 valence electrons. The van der Waals surface area contributed by atoms with E-state index in [4.69, 9.17) is 9.47 Å². The van der Waals surface area contributed by atoms with E-state index in [9.17, 15) is 19.2 Å². The Labute approximate surface area is 116 Å². The van der Waals surface area contributed by atoms with Crippen molar-refractivity contribution in [2.75, 3.05) is 14.2 Å². The first kappa shape index (κ1) is 17.9. The molecule has 0 amide bonds. The normalized spacial score (nSPS) is 12.8. The number of rotatable bonds is 7. The molecule has 0 aliphatic rings. The van der Waals surface area contributed by atoms with Gasteiger partial charge in [-0.25, -0.2) is 0 Å². The third-order valence-corrected chi connectivity index (χ3v) is 2.33. The number of methoxy groups -OCH3 is 2. The second-order valence-electron chi connectivity index (χ2n) is 3.90. The van der Waals surface area contributed by atoms with E-state index < -0.39 is 48.9 Å². The zero-order valence-electron chi connectivity index (χ0n) is 11.8. The lowest BCUT2D eigenvalue weighted by Gasteiger charge is -2.20. The van der Waals surface area contributed by atoms with Crippen LogP contribution in [-0.4, -0.2) is 50.3 Å². The van der Waals surface area contributed by atoms with Gasteiger partial charge in [-0.05, 0) is 13.8 Å². The number of carbonyl (C=O) groups excluding carboxylic acids is 4. The van der Waals surface area contributed by atoms with Crippen molar-refractivity contribution in [2.45, 2.75) is 38.9 Å². The standard InChI is InChI=1S/C12H18O8/c1-7(19-11(15)5-9(13)17-3)8(2)20-12(16)6-10(14)18-4/h7-8H,5-6H2,1-4H3. The van der Waals surface area contributed by atoms with E-state index in [-0.39, 0.29) is 0 Å². The summed E-state index contributed by atoms with van der Waals surface area (Å²) in [6.45, 7) is 2.98. The fourth-order valence-corrected chi connectivity index (χ4v) is 1.07. The van der Waals surface area contributed by atoms with Crippen LogP contribution in [0.4, 0.5) is 0 Å². The maximum Gasteiger partial charge on any atom is 0.317 e. The molecule has 2 unspecified atom stereocenters. The molecule has 0 aliphatic heterocycles. The fourth-order valence-electron chi connectivity index (χ4n) is 1.07. The first-order valence-corrected chi connectivity index (χ1v) is 5.82. The highest BCUT2D eigenvalue weighted by Gasteiger charge is 2.23. The highest BCUT2D eigenvalue weighted by atomic mass is 16.6. The molecule has 0 spiro atoms. The first-order chi connectivity index (χ1) is 9.29. The molecular weight excluding hydrogens is 272 g/mol. The lowest BCUT2D eigenvalue weighted by molar-refractivity contribution is -0.170. The van der Waals surface area contributed by atoms with Crippen LogP contribution in [0.5, 0.6) is 0 Å². The molecule has 0 N–H and O–H groups in total. The third kappa shape index (κ3) is 7.34. The van der Waals surface area contributed by atoms with Gasteiger partial charge >= 0.3 is 23.9 Å². The number of hydrogen-bond donors (Lipinski definition) is 0. The summed E-state index contributed by atoms with van der Waals surface area (Å²) in [7, 11) is 2.30. The van der Waals surface area contributed by atoms with Gasteiger partial charge < -0.3 is 18.9 Å². The Kier molecular flexibility index (Phi) is 7.95. The van der Waals surface area contributed by atoms with E-state index in [1.165, 1.54) is 13.8 Å². The van der Waals surface area contributed by atoms with Crippen LogP contribution in [0.1, 0.15) is 26.7 Å². The summed E-state index contributed by atoms with van der Waals surface area (Å²) in [5.41, 5.74) is 0. The summed E-state index contributed by atoms with van der Waals surface area (Å²) < 4.78 is 18.4. The molecule has 0 aromatic heterocycles. The molecule has 2 atom stereocenters. The zero-order valence-corrected chi connectivity index (χ0v) is 11.8. The summed E-state index contributed by atoms with van der Waals surface area (Å²) in [6, 6.07) is 0. The minimum atomic E-state index is -0.791. The number of carbonyl (C=O) groups is 4. The zero-order chi connectivity index (χ0) is 15.7. The molecule has 0 saturated carbocycles. The second kappa shape index (κ2) is 8.89. The Morgan fingerprint density at radius 2 is 1.00 bits per heavy atom. The number of ether oxygens (including phenoxy) is 4. The summed E-state index contributed by atoms with van der Waals surface area (Å²) in [5, 5.41) is 0. The molecule has 0 saturated heterocycles. The van der Waals surface area contributed by atoms with Crippen molar-refractivity contribution in [3.8, 4) is 0 Å². The van der Waals surface area contributed by atoms with Crippen LogP contribution in [0.2, 0.25) is 0 Å². The smallest absolute Gasteiger partial charge is 0.317 e. The van der Waals surface area contributed by atoms with Crippen LogP contribution in [0, 0.1) is 0 Å². The Morgan fingerprint density at radius 3 is 1.25 bits per heavy atom. The molecule has 0 aliphatic carbocycles. The van der Waals surface area contributed by atoms with E-state index in [2.05, 4.69) is 9.47 Å². The molecule has 0 radical (unpaired) electrons. The van der Waals surface area contributed by atoms with Gasteiger partial charge in [-0.1, -0.05) is 0 Å². The van der Waals surface area contributed by atoms with E-state index in [1.807, 2.05) is 0 Å². The molecule has 0 aromatic rings. The van der Waals surface area contributed by atoms with Gasteiger partial charge in [0.15, 0.2) is 0 Å². The molecule has 20 heavy (non-hydrogen) atoms. The highest BCUT2D eigenvalue weighted by molar-refractivity contribution is 5.91. The van der Waals surface area contributed by atoms with E-state index in [1.54, 1.807) is 0 Å². The molecule has 0 aromatic carbocycles. The topological polar surface area (TPSA) is 105 Å². The van der Waals surface area contributed by atoms with Gasteiger partial charge in [-0.15, -0.1) is 0 Å². The van der Waals surface area contributed by atoms with Gasteiger partial charge in [0.25, 0.3) is 0 Å². The van der Waals surface area contributed by atoms with Crippen LogP contribution in [0.15, 0.2) is 0 Å². The van der Waals surface area contributed by atoms with Crippen molar-refractivity contribution in [3.05, 3.63) is 0 Å². The lowest BCUT2D eigenvalue weighted by Crippen LogP contribution is -2.32. The Morgan fingerprint density at radius 1 is 0.700 bits per heavy atom. The molecule has 0 bridgehead atoms. The van der Waals surface area contributed by atoms with Crippen LogP contribution < -0.4 is 0 Å². The van der Waals surface area contributed by atoms with Gasteiger partial charge in [0.1, 0.15) is 25.0 Å². The van der Waals surface area contributed by atoms with Crippen LogP contribution in [-0.2, 0) is 38.1 Å². The SMILES string of the molecule is COC(=O)CC(=O)OC(C)C(C)OC(=O)CC(=O)OC. The summed E-state index contributed by atoms with van der Waals surface area (Å²) in [6.07, 6.45) is -2.59. The molecule has 0 fully saturated rings. The monoisotopic (exact) mass is 290 g/mol. The quantitative estimate of drug-likeness (QED) is 0.366. The van der Waals surface area contributed by atoms with Crippen molar-refractivity contribution in [2.24, 2.45) is 0 Å². The average Bonchev–Trinajstić information content (AvgIpc) is 2.37. The lowest BCUT2D eigenvalue weighted by atomic mass is 10.2. The van der Waals surface area contributed by atoms with Gasteiger partial charge in [0.2, 0.25) is 0 Å². The van der Waals surface area contributed by atoms with E-state index in [0.717, 1.165) is 14.2 Å². The van der Waals surface area contributed by atoms with Gasteiger partial charge in [0, 0.05) is 0 Å². The first-order valence-electron chi connectivity index (χ1n) is 5.82. The molecule has 8 nitrogen and oxygen atoms in total. The summed E-state index contributed by atoms with van der Waals surface area (Å²) >= 11 is 0. The number of esters is 4. The number of hydrogen-bond acceptors (Lipinski definition) is 8. The van der Waals surface area contributed by atoms with Gasteiger partial charge in [-0.3, -0.25) is 19.2 Å². The van der Waals surface area contributed by atoms with Crippen LogP contribution in [0.25, 0.3) is 0 Å². The van der Waals surface area contributed by atoms with Crippen molar-refractivity contribution >= 4 is 23.9 Å². The predicted molar refractivity (Wildman–Crippen MR) is 64.4 cm³/mol. The summed E-state index contributed by atoms with van der Waals surface area (Å²) in [4.78, 5) is 44.3. The molecular formula is C12H18O8. The van der Waals surface area contributed by atoms with Gasteiger partial charge in [0.05, 0.1) is 14.2 Å². The minimum Gasteiger partial charge on any atom is -0.469 e. The second-order valence-corrected chi connectivity index (χ2v) is 3.90. The van der Waals surface area contributed by atoms with Crippen LogP contribution in [0.3, 0.4) is 0 Å². The Balaban J connectivity index is 4.17. The fraction of sp³-hybridized carbons (Fsp3) is 0.667. The largest absolute Gasteiger partial charge is 0.469 e. The maximum absolute atomic E-state index is 11.3. The molecule has 0 rings (SSSR count). The molecule has 8 heteroatoms.